The summed E-state index contributed by atoms with van der Waals surface area (Å²) in [5.74, 6) is 0. The number of nitrogens with one attached hydrogen (secondary N) is 1. The van der Waals surface area contributed by atoms with Gasteiger partial charge in [-0.2, -0.15) is 0 Å². The maximum absolute atomic E-state index is 8.95. The highest BCUT2D eigenvalue weighted by Crippen LogP contribution is 2.19. The van der Waals surface area contributed by atoms with Crippen LogP contribution in [0, 0.1) is 0 Å². The second-order valence-electron chi connectivity index (χ2n) is 4.29. The normalized spacial score (nSPS) is 25.2. The number of aliphatic hydroxyl groups is 1. The first-order chi connectivity index (χ1) is 7.80. The standard InChI is InChI=1S/C12H24N2O2/c1-3-6-14(7-8-15)10-12-5-4-11(16-12)9-13-2/h3,11-13,15H,1,4-10H2,2H3. The van der Waals surface area contributed by atoms with Crippen molar-refractivity contribution in [3.05, 3.63) is 12.7 Å². The van der Waals surface area contributed by atoms with Gasteiger partial charge >= 0.3 is 0 Å². The van der Waals surface area contributed by atoms with Crippen LogP contribution in [-0.2, 0) is 4.74 Å². The van der Waals surface area contributed by atoms with Crippen LogP contribution in [0.2, 0.25) is 0 Å². The molecule has 0 aliphatic carbocycles. The van der Waals surface area contributed by atoms with Crippen LogP contribution in [0.3, 0.4) is 0 Å². The van der Waals surface area contributed by atoms with Crippen LogP contribution in [0.5, 0.6) is 0 Å². The molecule has 0 aromatic rings. The molecule has 4 heteroatoms. The summed E-state index contributed by atoms with van der Waals surface area (Å²) in [5.41, 5.74) is 0. The first-order valence-corrected chi connectivity index (χ1v) is 6.04. The van der Waals surface area contributed by atoms with Gasteiger partial charge in [0.2, 0.25) is 0 Å². The zero-order valence-electron chi connectivity index (χ0n) is 10.2. The lowest BCUT2D eigenvalue weighted by molar-refractivity contribution is 0.0236. The summed E-state index contributed by atoms with van der Waals surface area (Å²) < 4.78 is 5.90. The second-order valence-corrected chi connectivity index (χ2v) is 4.29. The number of likely N-dealkylation sites (N-methyl/N-ethyl adjacent to an activating group) is 1. The average Bonchev–Trinajstić information content (AvgIpc) is 2.67. The monoisotopic (exact) mass is 228 g/mol. The lowest BCUT2D eigenvalue weighted by atomic mass is 10.2. The Morgan fingerprint density at radius 3 is 2.88 bits per heavy atom. The van der Waals surface area contributed by atoms with Gasteiger partial charge in [-0.1, -0.05) is 6.08 Å². The Labute approximate surface area is 98.3 Å². The SMILES string of the molecule is C=CCN(CCO)CC1CCC(CNC)O1. The summed E-state index contributed by atoms with van der Waals surface area (Å²) in [6, 6.07) is 0. The molecule has 1 heterocycles. The molecule has 4 nitrogen and oxygen atoms in total. The molecular weight excluding hydrogens is 204 g/mol. The Bertz CT molecular complexity index is 199. The maximum atomic E-state index is 8.95. The van der Waals surface area contributed by atoms with Crippen LogP contribution in [0.4, 0.5) is 0 Å². The Morgan fingerprint density at radius 2 is 2.25 bits per heavy atom. The number of ether oxygens (including phenoxy) is 1. The van der Waals surface area contributed by atoms with E-state index < -0.39 is 0 Å². The molecule has 1 rings (SSSR count). The van der Waals surface area contributed by atoms with Crippen molar-refractivity contribution in [2.45, 2.75) is 25.0 Å². The lowest BCUT2D eigenvalue weighted by Crippen LogP contribution is -2.35. The van der Waals surface area contributed by atoms with E-state index >= 15 is 0 Å². The van der Waals surface area contributed by atoms with Crippen molar-refractivity contribution in [1.82, 2.24) is 10.2 Å². The molecule has 0 aromatic heterocycles. The van der Waals surface area contributed by atoms with Gasteiger partial charge in [0.05, 0.1) is 18.8 Å². The second kappa shape index (κ2) is 7.79. The molecule has 1 aliphatic rings. The summed E-state index contributed by atoms with van der Waals surface area (Å²) in [4.78, 5) is 2.18. The number of hydrogen-bond donors (Lipinski definition) is 2. The molecule has 0 spiro atoms. The molecule has 1 fully saturated rings. The van der Waals surface area contributed by atoms with E-state index in [1.54, 1.807) is 0 Å². The Hall–Kier alpha value is -0.420. The fraction of sp³-hybridized carbons (Fsp3) is 0.833. The minimum Gasteiger partial charge on any atom is -0.395 e. The summed E-state index contributed by atoms with van der Waals surface area (Å²) in [5, 5.41) is 12.1. The van der Waals surface area contributed by atoms with Gasteiger partial charge < -0.3 is 15.2 Å². The van der Waals surface area contributed by atoms with Crippen LogP contribution in [0.1, 0.15) is 12.8 Å². The predicted molar refractivity (Wildman–Crippen MR) is 65.5 cm³/mol. The van der Waals surface area contributed by atoms with Crippen LogP contribution in [0.15, 0.2) is 12.7 Å². The van der Waals surface area contributed by atoms with Crippen LogP contribution in [-0.4, -0.2) is 62.0 Å². The zero-order chi connectivity index (χ0) is 11.8. The zero-order valence-corrected chi connectivity index (χ0v) is 10.2. The third-order valence-corrected chi connectivity index (χ3v) is 2.89. The van der Waals surface area contributed by atoms with Gasteiger partial charge in [-0.25, -0.2) is 0 Å². The minimum absolute atomic E-state index is 0.195. The molecule has 0 radical (unpaired) electrons. The van der Waals surface area contributed by atoms with Crippen molar-refractivity contribution in [2.24, 2.45) is 0 Å². The Balaban J connectivity index is 2.27. The molecule has 1 saturated heterocycles. The van der Waals surface area contributed by atoms with Gasteiger partial charge in [0.15, 0.2) is 0 Å². The molecular formula is C12H24N2O2. The van der Waals surface area contributed by atoms with Crippen LogP contribution in [0.25, 0.3) is 0 Å². The minimum atomic E-state index is 0.195. The Morgan fingerprint density at radius 1 is 1.50 bits per heavy atom. The third kappa shape index (κ3) is 4.61. The average molecular weight is 228 g/mol. The highest BCUT2D eigenvalue weighted by Gasteiger charge is 2.25. The highest BCUT2D eigenvalue weighted by atomic mass is 16.5. The largest absolute Gasteiger partial charge is 0.395 e. The van der Waals surface area contributed by atoms with E-state index in [4.69, 9.17) is 9.84 Å². The number of aliphatic hydroxyl groups excluding tert-OH is 1. The van der Waals surface area contributed by atoms with Crippen LogP contribution >= 0.6 is 0 Å². The highest BCUT2D eigenvalue weighted by molar-refractivity contribution is 4.80. The molecule has 16 heavy (non-hydrogen) atoms. The fourth-order valence-corrected chi connectivity index (χ4v) is 2.16. The van der Waals surface area contributed by atoms with Gasteiger partial charge in [0.1, 0.15) is 0 Å². The molecule has 2 N–H and O–H groups in total. The summed E-state index contributed by atoms with van der Waals surface area (Å²) in [7, 11) is 1.95. The fourth-order valence-electron chi connectivity index (χ4n) is 2.16. The molecule has 0 amide bonds. The quantitative estimate of drug-likeness (QED) is 0.584. The number of rotatable bonds is 8. The van der Waals surface area contributed by atoms with E-state index in [2.05, 4.69) is 16.8 Å². The smallest absolute Gasteiger partial charge is 0.0707 e. The van der Waals surface area contributed by atoms with E-state index in [1.807, 2.05) is 13.1 Å². The van der Waals surface area contributed by atoms with Gasteiger partial charge in [0, 0.05) is 26.2 Å². The maximum Gasteiger partial charge on any atom is 0.0707 e. The lowest BCUT2D eigenvalue weighted by Gasteiger charge is -2.23. The molecule has 1 aliphatic heterocycles. The van der Waals surface area contributed by atoms with E-state index in [-0.39, 0.29) is 6.61 Å². The molecule has 2 unspecified atom stereocenters. The first-order valence-electron chi connectivity index (χ1n) is 6.04. The third-order valence-electron chi connectivity index (χ3n) is 2.89. The summed E-state index contributed by atoms with van der Waals surface area (Å²) >= 11 is 0. The van der Waals surface area contributed by atoms with E-state index in [0.29, 0.717) is 18.8 Å². The predicted octanol–water partition coefficient (Wildman–Crippen LogP) is 0.234. The summed E-state index contributed by atoms with van der Waals surface area (Å²) in [6.07, 6.45) is 4.78. The van der Waals surface area contributed by atoms with Gasteiger partial charge in [-0.15, -0.1) is 6.58 Å². The number of hydrogen-bond acceptors (Lipinski definition) is 4. The van der Waals surface area contributed by atoms with Gasteiger partial charge in [-0.05, 0) is 19.9 Å². The Kier molecular flexibility index (Phi) is 6.64. The van der Waals surface area contributed by atoms with Crippen molar-refractivity contribution in [3.8, 4) is 0 Å². The van der Waals surface area contributed by atoms with Gasteiger partial charge in [-0.3, -0.25) is 4.90 Å². The summed E-state index contributed by atoms with van der Waals surface area (Å²) in [6.45, 7) is 7.26. The van der Waals surface area contributed by atoms with Crippen molar-refractivity contribution in [3.63, 3.8) is 0 Å². The van der Waals surface area contributed by atoms with Crippen molar-refractivity contribution in [1.29, 1.82) is 0 Å². The van der Waals surface area contributed by atoms with E-state index in [1.165, 1.54) is 0 Å². The first kappa shape index (κ1) is 13.6. The molecule has 0 aromatic carbocycles. The van der Waals surface area contributed by atoms with E-state index in [9.17, 15) is 0 Å². The molecule has 94 valence electrons. The van der Waals surface area contributed by atoms with Crippen molar-refractivity contribution >= 4 is 0 Å². The molecule has 2 atom stereocenters. The van der Waals surface area contributed by atoms with Crippen molar-refractivity contribution in [2.75, 3.05) is 39.8 Å². The molecule has 0 bridgehead atoms. The van der Waals surface area contributed by atoms with Gasteiger partial charge in [0.25, 0.3) is 0 Å². The number of nitrogens with zero attached hydrogens (tertiary/aromatic N) is 1. The van der Waals surface area contributed by atoms with Crippen molar-refractivity contribution < 1.29 is 9.84 Å². The topological polar surface area (TPSA) is 44.7 Å². The van der Waals surface area contributed by atoms with Crippen LogP contribution < -0.4 is 5.32 Å². The molecule has 0 saturated carbocycles. The van der Waals surface area contributed by atoms with E-state index in [0.717, 1.165) is 32.5 Å².